The number of benzene rings is 1. The first kappa shape index (κ1) is 13.3. The summed E-state index contributed by atoms with van der Waals surface area (Å²) in [6, 6.07) is 10.6. The van der Waals surface area contributed by atoms with Crippen LogP contribution < -0.4 is 5.32 Å². The molecule has 2 rings (SSSR count). The fraction of sp³-hybridized carbons (Fsp3) is 0.235. The third kappa shape index (κ3) is 3.44. The predicted octanol–water partition coefficient (Wildman–Crippen LogP) is 4.34. The Hall–Kier alpha value is -2.09. The molecule has 1 aromatic heterocycles. The van der Waals surface area contributed by atoms with Crippen molar-refractivity contribution in [1.29, 1.82) is 0 Å². The SMILES string of the molecule is C=C(/C=C\C)CCc1ccc2nc(NC)ccc2c1. The topological polar surface area (TPSA) is 24.9 Å². The average Bonchev–Trinajstić information content (AvgIpc) is 2.44. The Morgan fingerprint density at radius 1 is 1.32 bits per heavy atom. The molecule has 1 aromatic carbocycles. The highest BCUT2D eigenvalue weighted by atomic mass is 15.0. The van der Waals surface area contributed by atoms with Crippen LogP contribution in [0.5, 0.6) is 0 Å². The van der Waals surface area contributed by atoms with Gasteiger partial charge in [0.15, 0.2) is 0 Å². The number of hydrogen-bond acceptors (Lipinski definition) is 2. The van der Waals surface area contributed by atoms with Crippen LogP contribution in [-0.4, -0.2) is 12.0 Å². The number of allylic oxidation sites excluding steroid dienone is 3. The summed E-state index contributed by atoms with van der Waals surface area (Å²) in [4.78, 5) is 4.52. The summed E-state index contributed by atoms with van der Waals surface area (Å²) < 4.78 is 0. The second-order valence-electron chi connectivity index (χ2n) is 4.63. The Morgan fingerprint density at radius 3 is 2.89 bits per heavy atom. The van der Waals surface area contributed by atoms with E-state index in [4.69, 9.17) is 0 Å². The van der Waals surface area contributed by atoms with Crippen LogP contribution in [-0.2, 0) is 6.42 Å². The predicted molar refractivity (Wildman–Crippen MR) is 83.6 cm³/mol. The first-order valence-electron chi connectivity index (χ1n) is 6.61. The molecule has 98 valence electrons. The summed E-state index contributed by atoms with van der Waals surface area (Å²) in [7, 11) is 1.88. The van der Waals surface area contributed by atoms with E-state index in [-0.39, 0.29) is 0 Å². The van der Waals surface area contributed by atoms with Crippen molar-refractivity contribution >= 4 is 16.7 Å². The highest BCUT2D eigenvalue weighted by Gasteiger charge is 2.00. The standard InChI is InChI=1S/C17H20N2/c1-4-5-13(2)6-7-14-8-10-16-15(12-14)9-11-17(18-3)19-16/h4-5,8-12H,2,6-7H2,1,3H3,(H,18,19)/b5-4-. The number of rotatable bonds is 5. The molecule has 2 nitrogen and oxygen atoms in total. The molecule has 0 spiro atoms. The minimum Gasteiger partial charge on any atom is -0.373 e. The van der Waals surface area contributed by atoms with Gasteiger partial charge in [-0.1, -0.05) is 30.4 Å². The zero-order valence-electron chi connectivity index (χ0n) is 11.6. The van der Waals surface area contributed by atoms with E-state index in [0.717, 1.165) is 24.2 Å². The lowest BCUT2D eigenvalue weighted by Gasteiger charge is -2.05. The maximum absolute atomic E-state index is 4.52. The molecule has 0 saturated heterocycles. The van der Waals surface area contributed by atoms with Gasteiger partial charge in [0.1, 0.15) is 5.82 Å². The Balaban J connectivity index is 2.15. The maximum Gasteiger partial charge on any atom is 0.126 e. The molecule has 0 aliphatic carbocycles. The van der Waals surface area contributed by atoms with Gasteiger partial charge < -0.3 is 5.32 Å². The number of fused-ring (bicyclic) bond motifs is 1. The fourth-order valence-electron chi connectivity index (χ4n) is 2.09. The van der Waals surface area contributed by atoms with Gasteiger partial charge in [-0.2, -0.15) is 0 Å². The Morgan fingerprint density at radius 2 is 2.16 bits per heavy atom. The van der Waals surface area contributed by atoms with Gasteiger partial charge in [0.2, 0.25) is 0 Å². The summed E-state index contributed by atoms with van der Waals surface area (Å²) in [6.45, 7) is 6.06. The van der Waals surface area contributed by atoms with E-state index in [9.17, 15) is 0 Å². The Kier molecular flexibility index (Phi) is 4.35. The zero-order chi connectivity index (χ0) is 13.7. The van der Waals surface area contributed by atoms with E-state index >= 15 is 0 Å². The molecule has 0 bridgehead atoms. The van der Waals surface area contributed by atoms with Crippen molar-refractivity contribution in [3.63, 3.8) is 0 Å². The summed E-state index contributed by atoms with van der Waals surface area (Å²) in [5.41, 5.74) is 3.53. The molecule has 0 amide bonds. The van der Waals surface area contributed by atoms with Gasteiger partial charge in [-0.3, -0.25) is 0 Å². The lowest BCUT2D eigenvalue weighted by atomic mass is 10.0. The van der Waals surface area contributed by atoms with Gasteiger partial charge in [0.05, 0.1) is 5.52 Å². The van der Waals surface area contributed by atoms with Crippen molar-refractivity contribution in [2.75, 3.05) is 12.4 Å². The number of nitrogens with zero attached hydrogens (tertiary/aromatic N) is 1. The molecule has 0 aliphatic heterocycles. The maximum atomic E-state index is 4.52. The van der Waals surface area contributed by atoms with Gasteiger partial charge >= 0.3 is 0 Å². The largest absolute Gasteiger partial charge is 0.373 e. The molecule has 19 heavy (non-hydrogen) atoms. The molecular formula is C17H20N2. The minimum atomic E-state index is 0.904. The van der Waals surface area contributed by atoms with Gasteiger partial charge in [-0.15, -0.1) is 0 Å². The van der Waals surface area contributed by atoms with Crippen LogP contribution in [0.2, 0.25) is 0 Å². The van der Waals surface area contributed by atoms with Crippen molar-refractivity contribution in [1.82, 2.24) is 4.98 Å². The van der Waals surface area contributed by atoms with Gasteiger partial charge in [0.25, 0.3) is 0 Å². The van der Waals surface area contributed by atoms with E-state index in [1.165, 1.54) is 16.5 Å². The molecule has 0 aliphatic rings. The highest BCUT2D eigenvalue weighted by molar-refractivity contribution is 5.80. The first-order valence-corrected chi connectivity index (χ1v) is 6.61. The van der Waals surface area contributed by atoms with Crippen molar-refractivity contribution < 1.29 is 0 Å². The van der Waals surface area contributed by atoms with Crippen molar-refractivity contribution in [2.24, 2.45) is 0 Å². The monoisotopic (exact) mass is 252 g/mol. The molecule has 0 saturated carbocycles. The average molecular weight is 252 g/mol. The molecule has 2 heteroatoms. The van der Waals surface area contributed by atoms with E-state index in [2.05, 4.69) is 47.2 Å². The quantitative estimate of drug-likeness (QED) is 0.801. The number of pyridine rings is 1. The zero-order valence-corrected chi connectivity index (χ0v) is 11.6. The summed E-state index contributed by atoms with van der Waals surface area (Å²) in [6.07, 6.45) is 6.12. The number of aryl methyl sites for hydroxylation is 1. The number of hydrogen-bond donors (Lipinski definition) is 1. The summed E-state index contributed by atoms with van der Waals surface area (Å²) >= 11 is 0. The lowest BCUT2D eigenvalue weighted by Crippen LogP contribution is -1.93. The van der Waals surface area contributed by atoms with Crippen LogP contribution in [0.3, 0.4) is 0 Å². The molecule has 0 radical (unpaired) electrons. The molecule has 0 unspecified atom stereocenters. The van der Waals surface area contributed by atoms with E-state index in [1.807, 2.05) is 26.1 Å². The number of anilines is 1. The molecule has 0 fully saturated rings. The first-order chi connectivity index (χ1) is 9.22. The molecule has 0 atom stereocenters. The van der Waals surface area contributed by atoms with Crippen LogP contribution in [0.15, 0.2) is 54.6 Å². The van der Waals surface area contributed by atoms with E-state index in [0.29, 0.717) is 0 Å². The number of nitrogens with one attached hydrogen (secondary N) is 1. The van der Waals surface area contributed by atoms with Crippen molar-refractivity contribution in [2.45, 2.75) is 19.8 Å². The molecule has 2 aromatic rings. The van der Waals surface area contributed by atoms with E-state index in [1.54, 1.807) is 0 Å². The summed E-state index contributed by atoms with van der Waals surface area (Å²) in [5.74, 6) is 0.904. The lowest BCUT2D eigenvalue weighted by molar-refractivity contribution is 0.970. The normalized spacial score (nSPS) is 11.1. The van der Waals surface area contributed by atoms with Crippen LogP contribution >= 0.6 is 0 Å². The second-order valence-corrected chi connectivity index (χ2v) is 4.63. The van der Waals surface area contributed by atoms with Crippen LogP contribution in [0.25, 0.3) is 10.9 Å². The number of aromatic nitrogens is 1. The molecule has 1 heterocycles. The third-order valence-electron chi connectivity index (χ3n) is 3.15. The van der Waals surface area contributed by atoms with Crippen molar-refractivity contribution in [3.8, 4) is 0 Å². The van der Waals surface area contributed by atoms with E-state index < -0.39 is 0 Å². The third-order valence-corrected chi connectivity index (χ3v) is 3.15. The Labute approximate surface area is 114 Å². The van der Waals surface area contributed by atoms with Gasteiger partial charge in [-0.25, -0.2) is 4.98 Å². The minimum absolute atomic E-state index is 0.904. The fourth-order valence-corrected chi connectivity index (χ4v) is 2.09. The Bertz CT molecular complexity index is 612. The van der Waals surface area contributed by atoms with Crippen LogP contribution in [0, 0.1) is 0 Å². The highest BCUT2D eigenvalue weighted by Crippen LogP contribution is 2.18. The second kappa shape index (κ2) is 6.19. The summed E-state index contributed by atoms with van der Waals surface area (Å²) in [5, 5.41) is 4.25. The molecular weight excluding hydrogens is 232 g/mol. The van der Waals surface area contributed by atoms with Crippen LogP contribution in [0.4, 0.5) is 5.82 Å². The smallest absolute Gasteiger partial charge is 0.126 e. The van der Waals surface area contributed by atoms with Gasteiger partial charge in [0, 0.05) is 12.4 Å². The van der Waals surface area contributed by atoms with Gasteiger partial charge in [-0.05, 0) is 49.6 Å². The van der Waals surface area contributed by atoms with Crippen LogP contribution in [0.1, 0.15) is 18.9 Å². The van der Waals surface area contributed by atoms with Crippen molar-refractivity contribution in [3.05, 3.63) is 60.2 Å². The molecule has 1 N–H and O–H groups in total.